The molecule has 0 unspecified atom stereocenters. The fourth-order valence-electron chi connectivity index (χ4n) is 5.18. The van der Waals surface area contributed by atoms with Crippen LogP contribution in [-0.2, 0) is 9.59 Å². The minimum absolute atomic E-state index is 0.193. The van der Waals surface area contributed by atoms with Crippen LogP contribution < -0.4 is 0 Å². The number of carboxylic acids is 1. The Morgan fingerprint density at radius 2 is 1.55 bits per heavy atom. The number of nitrogens with one attached hydrogen (secondary N) is 1. The van der Waals surface area contributed by atoms with Crippen LogP contribution in [0.3, 0.4) is 0 Å². The summed E-state index contributed by atoms with van der Waals surface area (Å²) in [5, 5.41) is 11.3. The van der Waals surface area contributed by atoms with Crippen molar-refractivity contribution in [1.29, 1.82) is 0 Å². The minimum Gasteiger partial charge on any atom is -0.480 e. The first kappa shape index (κ1) is 21.7. The molecule has 0 bridgehead atoms. The maximum Gasteiger partial charge on any atom is 0.325 e. The number of carboxylic acid groups (broad SMARTS) is 1. The molecule has 2 saturated heterocycles. The molecule has 2 aromatic carbocycles. The van der Waals surface area contributed by atoms with Crippen LogP contribution in [0.2, 0.25) is 0 Å². The minimum atomic E-state index is -0.849. The van der Waals surface area contributed by atoms with Gasteiger partial charge in [0, 0.05) is 55.7 Å². The predicted octanol–water partition coefficient (Wildman–Crippen LogP) is 3.20. The molecule has 1 amide bonds. The van der Waals surface area contributed by atoms with Crippen molar-refractivity contribution in [3.05, 3.63) is 60.2 Å². The molecule has 3 heterocycles. The molecule has 7 heteroatoms. The first-order valence-corrected chi connectivity index (χ1v) is 11.7. The Morgan fingerprint density at radius 1 is 0.879 bits per heavy atom. The standard InChI is InChI=1S/C26H30N4O3/c31-22(29-12-6-7-13-29)18-28-14-16-30(17-15-28)25(26(32)33)23-20-10-4-5-11-21(20)27-24(23)19-8-2-1-3-9-19/h1-5,8-11,25,27H,6-7,12-18H2,(H,32,33)/t25-/m1/s1. The normalized spacial score (nSPS) is 18.6. The molecule has 2 N–H and O–H groups in total. The van der Waals surface area contributed by atoms with E-state index in [4.69, 9.17) is 0 Å². The van der Waals surface area contributed by atoms with Gasteiger partial charge >= 0.3 is 5.97 Å². The summed E-state index contributed by atoms with van der Waals surface area (Å²) in [6, 6.07) is 17.1. The van der Waals surface area contributed by atoms with Crippen molar-refractivity contribution < 1.29 is 14.7 Å². The highest BCUT2D eigenvalue weighted by atomic mass is 16.4. The number of aromatic nitrogens is 1. The highest BCUT2D eigenvalue weighted by Gasteiger charge is 2.35. The van der Waals surface area contributed by atoms with E-state index in [0.29, 0.717) is 32.7 Å². The van der Waals surface area contributed by atoms with Crippen molar-refractivity contribution in [2.45, 2.75) is 18.9 Å². The molecule has 2 aliphatic rings. The zero-order valence-electron chi connectivity index (χ0n) is 18.7. The molecule has 0 aliphatic carbocycles. The van der Waals surface area contributed by atoms with E-state index in [2.05, 4.69) is 9.88 Å². The van der Waals surface area contributed by atoms with Crippen LogP contribution >= 0.6 is 0 Å². The Balaban J connectivity index is 1.40. The van der Waals surface area contributed by atoms with Crippen molar-refractivity contribution in [2.75, 3.05) is 45.8 Å². The molecule has 2 fully saturated rings. The molecule has 7 nitrogen and oxygen atoms in total. The summed E-state index contributed by atoms with van der Waals surface area (Å²) in [7, 11) is 0. The number of aromatic amines is 1. The second-order valence-corrected chi connectivity index (χ2v) is 8.97. The van der Waals surface area contributed by atoms with Gasteiger partial charge in [-0.15, -0.1) is 0 Å². The number of carbonyl (C=O) groups is 2. The van der Waals surface area contributed by atoms with Gasteiger partial charge in [-0.3, -0.25) is 19.4 Å². The fourth-order valence-corrected chi connectivity index (χ4v) is 5.18. The van der Waals surface area contributed by atoms with Crippen LogP contribution in [-0.4, -0.2) is 82.5 Å². The van der Waals surface area contributed by atoms with E-state index in [1.165, 1.54) is 0 Å². The number of nitrogens with zero attached hydrogens (tertiary/aromatic N) is 3. The summed E-state index contributed by atoms with van der Waals surface area (Å²) >= 11 is 0. The van der Waals surface area contributed by atoms with E-state index in [1.54, 1.807) is 0 Å². The second kappa shape index (κ2) is 9.37. The van der Waals surface area contributed by atoms with E-state index in [9.17, 15) is 14.7 Å². The van der Waals surface area contributed by atoms with Crippen molar-refractivity contribution in [2.24, 2.45) is 0 Å². The van der Waals surface area contributed by atoms with Crippen LogP contribution in [0.1, 0.15) is 24.4 Å². The summed E-state index contributed by atoms with van der Waals surface area (Å²) in [6.07, 6.45) is 2.18. The monoisotopic (exact) mass is 446 g/mol. The number of hydrogen-bond donors (Lipinski definition) is 2. The number of benzene rings is 2. The summed E-state index contributed by atoms with van der Waals surface area (Å²) in [6.45, 7) is 4.74. The second-order valence-electron chi connectivity index (χ2n) is 8.97. The van der Waals surface area contributed by atoms with Gasteiger partial charge in [-0.2, -0.15) is 0 Å². The fraction of sp³-hybridized carbons (Fsp3) is 0.385. The zero-order valence-corrected chi connectivity index (χ0v) is 18.7. The lowest BCUT2D eigenvalue weighted by Crippen LogP contribution is -2.51. The highest BCUT2D eigenvalue weighted by molar-refractivity contribution is 5.95. The van der Waals surface area contributed by atoms with Gasteiger partial charge < -0.3 is 15.0 Å². The van der Waals surface area contributed by atoms with E-state index in [1.807, 2.05) is 64.4 Å². The number of H-pyrrole nitrogens is 1. The number of fused-ring (bicyclic) bond motifs is 1. The quantitative estimate of drug-likeness (QED) is 0.608. The maximum atomic E-state index is 12.6. The first-order valence-electron chi connectivity index (χ1n) is 11.7. The van der Waals surface area contributed by atoms with Gasteiger partial charge in [0.1, 0.15) is 6.04 Å². The number of likely N-dealkylation sites (tertiary alicyclic amines) is 1. The van der Waals surface area contributed by atoms with Gasteiger partial charge in [0.15, 0.2) is 0 Å². The van der Waals surface area contributed by atoms with Crippen LogP contribution in [0.5, 0.6) is 0 Å². The number of aliphatic carboxylic acids is 1. The molecule has 3 aromatic rings. The van der Waals surface area contributed by atoms with Crippen molar-refractivity contribution in [3.63, 3.8) is 0 Å². The lowest BCUT2D eigenvalue weighted by atomic mass is 9.97. The highest BCUT2D eigenvalue weighted by Crippen LogP contribution is 2.37. The van der Waals surface area contributed by atoms with Crippen molar-refractivity contribution in [3.8, 4) is 11.3 Å². The zero-order chi connectivity index (χ0) is 22.8. The Kier molecular flexibility index (Phi) is 6.15. The van der Waals surface area contributed by atoms with E-state index in [0.717, 1.165) is 53.7 Å². The van der Waals surface area contributed by atoms with Crippen LogP contribution in [0, 0.1) is 0 Å². The van der Waals surface area contributed by atoms with Gasteiger partial charge in [-0.1, -0.05) is 48.5 Å². The van der Waals surface area contributed by atoms with Gasteiger partial charge in [0.2, 0.25) is 5.91 Å². The first-order chi connectivity index (χ1) is 16.1. The lowest BCUT2D eigenvalue weighted by molar-refractivity contribution is -0.145. The molecule has 172 valence electrons. The Bertz CT molecular complexity index is 1130. The molecule has 33 heavy (non-hydrogen) atoms. The molecule has 1 atom stereocenters. The largest absolute Gasteiger partial charge is 0.480 e. The number of carbonyl (C=O) groups excluding carboxylic acids is 1. The Hall–Kier alpha value is -3.16. The molecule has 2 aliphatic heterocycles. The summed E-state index contributed by atoms with van der Waals surface area (Å²) < 4.78 is 0. The van der Waals surface area contributed by atoms with Crippen LogP contribution in [0.4, 0.5) is 0 Å². The van der Waals surface area contributed by atoms with Gasteiger partial charge in [-0.05, 0) is 24.5 Å². The van der Waals surface area contributed by atoms with Gasteiger partial charge in [-0.25, -0.2) is 0 Å². The molecule has 5 rings (SSSR count). The average molecular weight is 447 g/mol. The molecule has 1 aromatic heterocycles. The summed E-state index contributed by atoms with van der Waals surface area (Å²) in [5.74, 6) is -0.655. The smallest absolute Gasteiger partial charge is 0.325 e. The van der Waals surface area contributed by atoms with Crippen molar-refractivity contribution in [1.82, 2.24) is 19.7 Å². The van der Waals surface area contributed by atoms with E-state index in [-0.39, 0.29) is 5.91 Å². The summed E-state index contributed by atoms with van der Waals surface area (Å²) in [5.41, 5.74) is 3.58. The number of hydrogen-bond acceptors (Lipinski definition) is 4. The molecular formula is C26H30N4O3. The Labute approximate surface area is 193 Å². The Morgan fingerprint density at radius 3 is 2.24 bits per heavy atom. The number of piperazine rings is 1. The third kappa shape index (κ3) is 4.38. The molecular weight excluding hydrogens is 416 g/mol. The summed E-state index contributed by atoms with van der Waals surface area (Å²) in [4.78, 5) is 34.8. The molecule has 0 saturated carbocycles. The van der Waals surface area contributed by atoms with E-state index >= 15 is 0 Å². The van der Waals surface area contributed by atoms with E-state index < -0.39 is 12.0 Å². The number of rotatable bonds is 6. The topological polar surface area (TPSA) is 79.9 Å². The third-order valence-corrected chi connectivity index (χ3v) is 6.91. The lowest BCUT2D eigenvalue weighted by Gasteiger charge is -2.38. The maximum absolute atomic E-state index is 12.6. The number of amides is 1. The molecule has 0 spiro atoms. The van der Waals surface area contributed by atoms with Crippen molar-refractivity contribution >= 4 is 22.8 Å². The van der Waals surface area contributed by atoms with Gasteiger partial charge in [0.25, 0.3) is 0 Å². The third-order valence-electron chi connectivity index (χ3n) is 6.91. The van der Waals surface area contributed by atoms with Gasteiger partial charge in [0.05, 0.1) is 12.2 Å². The molecule has 0 radical (unpaired) electrons. The van der Waals surface area contributed by atoms with Crippen LogP contribution in [0.15, 0.2) is 54.6 Å². The van der Waals surface area contributed by atoms with Crippen LogP contribution in [0.25, 0.3) is 22.2 Å². The average Bonchev–Trinajstić information content (AvgIpc) is 3.50. The predicted molar refractivity (Wildman–Crippen MR) is 128 cm³/mol. The SMILES string of the molecule is O=C(O)[C@@H](c1c(-c2ccccc2)[nH]c2ccccc12)N1CCN(CC(=O)N2CCCC2)CC1. The number of para-hydroxylation sites is 1.